The van der Waals surface area contributed by atoms with Crippen LogP contribution in [0.25, 0.3) is 0 Å². The Bertz CT molecular complexity index is 1480. The number of benzene rings is 2. The van der Waals surface area contributed by atoms with Crippen molar-refractivity contribution in [3.05, 3.63) is 93.2 Å². The van der Waals surface area contributed by atoms with Crippen LogP contribution in [0.15, 0.2) is 70.3 Å². The lowest BCUT2D eigenvalue weighted by molar-refractivity contribution is -0.134. The normalized spacial score (nSPS) is 19.6. The molecule has 0 radical (unpaired) electrons. The van der Waals surface area contributed by atoms with E-state index in [4.69, 9.17) is 15.5 Å². The molecule has 1 unspecified atom stereocenters. The molecule has 6 rings (SSSR count). The monoisotopic (exact) mass is 658 g/mol. The Labute approximate surface area is 267 Å². The number of rotatable bonds is 4. The fourth-order valence-corrected chi connectivity index (χ4v) is 7.10. The number of likely N-dealkylation sites (tertiary alicyclic amines) is 1. The van der Waals surface area contributed by atoms with Crippen molar-refractivity contribution in [1.29, 1.82) is 0 Å². The van der Waals surface area contributed by atoms with E-state index in [0.29, 0.717) is 38.3 Å². The summed E-state index contributed by atoms with van der Waals surface area (Å²) in [5.74, 6) is 1.09. The number of pyridine rings is 1. The standard InChI is InChI=1S/C34H39BrN6O3/c1-23-7-10-29-25(19-23)8-9-26-21-27(35)22-37-31(26)32(29)40-17-15-39(16-18-40)30(42)20-24-11-13-41(14-12-24)34(38-33(36)43)44-28-5-3-2-4-6-28/h2-7,10,19,21-22,24,32H,8-9,11-18,20H2,1H3,(H2,36,43)/b38-34-. The number of piperazine rings is 1. The zero-order chi connectivity index (χ0) is 30.6. The van der Waals surface area contributed by atoms with Gasteiger partial charge in [0.2, 0.25) is 5.91 Å². The average Bonchev–Trinajstić information content (AvgIpc) is 3.17. The molecular formula is C34H39BrN6O3. The number of aryl methyl sites for hydroxylation is 3. The Balaban J connectivity index is 1.06. The summed E-state index contributed by atoms with van der Waals surface area (Å²) in [5.41, 5.74) is 11.8. The molecule has 2 saturated heterocycles. The number of hydrogen-bond acceptors (Lipinski definition) is 5. The quantitative estimate of drug-likeness (QED) is 0.309. The zero-order valence-electron chi connectivity index (χ0n) is 25.1. The highest BCUT2D eigenvalue weighted by molar-refractivity contribution is 9.10. The van der Waals surface area contributed by atoms with E-state index in [9.17, 15) is 9.59 Å². The van der Waals surface area contributed by atoms with E-state index < -0.39 is 6.03 Å². The number of primary amides is 1. The number of urea groups is 1. The molecule has 2 aliphatic heterocycles. The number of fused-ring (bicyclic) bond motifs is 2. The van der Waals surface area contributed by atoms with E-state index in [1.165, 1.54) is 22.3 Å². The van der Waals surface area contributed by atoms with Crippen LogP contribution in [0.3, 0.4) is 0 Å². The van der Waals surface area contributed by atoms with Gasteiger partial charge in [0, 0.05) is 56.4 Å². The molecule has 3 aliphatic rings. The Morgan fingerprint density at radius 1 is 0.955 bits per heavy atom. The molecule has 3 heterocycles. The Hall–Kier alpha value is -3.76. The molecule has 0 saturated carbocycles. The molecule has 1 aliphatic carbocycles. The predicted molar refractivity (Wildman–Crippen MR) is 174 cm³/mol. The Kier molecular flexibility index (Phi) is 9.28. The molecule has 44 heavy (non-hydrogen) atoms. The van der Waals surface area contributed by atoms with E-state index in [1.54, 1.807) is 0 Å². The number of hydrogen-bond donors (Lipinski definition) is 1. The molecule has 2 aromatic carbocycles. The number of amidine groups is 1. The SMILES string of the molecule is Cc1ccc2c(c1)CCc1cc(Br)cnc1C2N1CCN(C(=O)CC2CCN(/C(=N/C(N)=O)Oc3ccccc3)CC2)CC1. The van der Waals surface area contributed by atoms with Crippen LogP contribution in [0.5, 0.6) is 5.75 Å². The maximum Gasteiger partial charge on any atom is 0.342 e. The average molecular weight is 660 g/mol. The first-order chi connectivity index (χ1) is 21.3. The second-order valence-corrected chi connectivity index (χ2v) is 12.9. The maximum absolute atomic E-state index is 13.4. The maximum atomic E-state index is 13.4. The molecule has 10 heteroatoms. The summed E-state index contributed by atoms with van der Waals surface area (Å²) in [6, 6.07) is 17.8. The molecular weight excluding hydrogens is 620 g/mol. The summed E-state index contributed by atoms with van der Waals surface area (Å²) >= 11 is 3.62. The Morgan fingerprint density at radius 2 is 1.68 bits per heavy atom. The van der Waals surface area contributed by atoms with Crippen LogP contribution in [0, 0.1) is 12.8 Å². The second kappa shape index (κ2) is 13.5. The highest BCUT2D eigenvalue weighted by Crippen LogP contribution is 2.37. The van der Waals surface area contributed by atoms with Crippen LogP contribution in [0.2, 0.25) is 0 Å². The highest BCUT2D eigenvalue weighted by atomic mass is 79.9. The van der Waals surface area contributed by atoms with Gasteiger partial charge in [0.25, 0.3) is 0 Å². The van der Waals surface area contributed by atoms with E-state index in [1.807, 2.05) is 46.3 Å². The lowest BCUT2D eigenvalue weighted by Crippen LogP contribution is -2.50. The fraction of sp³-hybridized carbons (Fsp3) is 0.412. The van der Waals surface area contributed by atoms with Gasteiger partial charge in [0.05, 0.1) is 11.7 Å². The number of carbonyl (C=O) groups is 2. The van der Waals surface area contributed by atoms with Crippen molar-refractivity contribution in [2.75, 3.05) is 39.3 Å². The first kappa shape index (κ1) is 30.3. The van der Waals surface area contributed by atoms with Crippen molar-refractivity contribution in [2.24, 2.45) is 16.6 Å². The summed E-state index contributed by atoms with van der Waals surface area (Å²) in [6.07, 6.45) is 6.05. The zero-order valence-corrected chi connectivity index (χ0v) is 26.7. The van der Waals surface area contributed by atoms with Gasteiger partial charge < -0.3 is 20.3 Å². The van der Waals surface area contributed by atoms with Gasteiger partial charge in [-0.15, -0.1) is 4.99 Å². The number of nitrogens with zero attached hydrogens (tertiary/aromatic N) is 5. The van der Waals surface area contributed by atoms with Crippen molar-refractivity contribution >= 4 is 33.9 Å². The van der Waals surface area contributed by atoms with Gasteiger partial charge in [-0.05, 0) is 89.3 Å². The topological polar surface area (TPSA) is 104 Å². The lowest BCUT2D eigenvalue weighted by Gasteiger charge is -2.40. The van der Waals surface area contributed by atoms with Gasteiger partial charge in [-0.3, -0.25) is 14.7 Å². The number of aromatic nitrogens is 1. The number of halogens is 1. The molecule has 9 nitrogen and oxygen atoms in total. The molecule has 1 atom stereocenters. The molecule has 2 N–H and O–H groups in total. The number of nitrogens with two attached hydrogens (primary N) is 1. The minimum atomic E-state index is -0.790. The first-order valence-electron chi connectivity index (χ1n) is 15.5. The van der Waals surface area contributed by atoms with Crippen LogP contribution in [-0.4, -0.2) is 76.9 Å². The third-order valence-corrected chi connectivity index (χ3v) is 9.46. The largest absolute Gasteiger partial charge is 0.426 e. The summed E-state index contributed by atoms with van der Waals surface area (Å²) < 4.78 is 6.90. The molecule has 0 spiro atoms. The van der Waals surface area contributed by atoms with Gasteiger partial charge in [-0.1, -0.05) is 42.0 Å². The lowest BCUT2D eigenvalue weighted by atomic mass is 9.92. The number of ether oxygens (including phenoxy) is 1. The number of para-hydroxylation sites is 1. The van der Waals surface area contributed by atoms with Crippen molar-refractivity contribution < 1.29 is 14.3 Å². The van der Waals surface area contributed by atoms with Crippen LogP contribution in [0.4, 0.5) is 4.79 Å². The Morgan fingerprint density at radius 3 is 2.41 bits per heavy atom. The minimum absolute atomic E-state index is 0.0900. The van der Waals surface area contributed by atoms with Crippen molar-refractivity contribution in [2.45, 2.75) is 45.1 Å². The summed E-state index contributed by atoms with van der Waals surface area (Å²) in [4.78, 5) is 40.4. The van der Waals surface area contributed by atoms with Gasteiger partial charge in [-0.25, -0.2) is 4.79 Å². The van der Waals surface area contributed by atoms with Crippen molar-refractivity contribution in [1.82, 2.24) is 19.7 Å². The number of carbonyl (C=O) groups excluding carboxylic acids is 2. The molecule has 3 aromatic rings. The highest BCUT2D eigenvalue weighted by Gasteiger charge is 2.34. The van der Waals surface area contributed by atoms with E-state index in [-0.39, 0.29) is 23.9 Å². The number of amides is 3. The van der Waals surface area contributed by atoms with Crippen LogP contribution in [-0.2, 0) is 17.6 Å². The van der Waals surface area contributed by atoms with Crippen LogP contribution in [0.1, 0.15) is 53.3 Å². The summed E-state index contributed by atoms with van der Waals surface area (Å²) in [7, 11) is 0. The van der Waals surface area contributed by atoms with E-state index in [0.717, 1.165) is 48.9 Å². The van der Waals surface area contributed by atoms with Gasteiger partial charge in [0.1, 0.15) is 5.75 Å². The third-order valence-electron chi connectivity index (χ3n) is 9.02. The van der Waals surface area contributed by atoms with Crippen LogP contribution >= 0.6 is 15.9 Å². The van der Waals surface area contributed by atoms with Gasteiger partial charge in [0.15, 0.2) is 0 Å². The number of piperidine rings is 1. The van der Waals surface area contributed by atoms with Crippen molar-refractivity contribution in [3.63, 3.8) is 0 Å². The van der Waals surface area contributed by atoms with Crippen LogP contribution < -0.4 is 10.5 Å². The van der Waals surface area contributed by atoms with Gasteiger partial charge in [-0.2, -0.15) is 0 Å². The van der Waals surface area contributed by atoms with E-state index in [2.05, 4.69) is 57.0 Å². The van der Waals surface area contributed by atoms with Gasteiger partial charge >= 0.3 is 12.1 Å². The smallest absolute Gasteiger partial charge is 0.342 e. The third kappa shape index (κ3) is 6.97. The fourth-order valence-electron chi connectivity index (χ4n) is 6.72. The summed E-state index contributed by atoms with van der Waals surface area (Å²) in [5, 5.41) is 0. The molecule has 0 bridgehead atoms. The van der Waals surface area contributed by atoms with E-state index >= 15 is 0 Å². The van der Waals surface area contributed by atoms with Crippen molar-refractivity contribution in [3.8, 4) is 5.75 Å². The molecule has 230 valence electrons. The molecule has 3 amide bonds. The number of aliphatic imine (C=N–C) groups is 1. The molecule has 2 fully saturated rings. The minimum Gasteiger partial charge on any atom is -0.426 e. The summed E-state index contributed by atoms with van der Waals surface area (Å²) in [6.45, 7) is 6.49. The predicted octanol–water partition coefficient (Wildman–Crippen LogP) is 5.10. The molecule has 1 aromatic heterocycles. The first-order valence-corrected chi connectivity index (χ1v) is 16.2. The second-order valence-electron chi connectivity index (χ2n) is 12.0.